The molecule has 0 saturated carbocycles. The molecule has 0 N–H and O–H groups in total. The van der Waals surface area contributed by atoms with E-state index in [0.717, 1.165) is 89.8 Å². The van der Waals surface area contributed by atoms with Crippen LogP contribution in [0.5, 0.6) is 23.0 Å². The molecule has 10 nitrogen and oxygen atoms in total. The topological polar surface area (TPSA) is 103 Å². The van der Waals surface area contributed by atoms with Gasteiger partial charge in [-0.3, -0.25) is 0 Å². The number of aromatic nitrogens is 4. The second-order valence-corrected chi connectivity index (χ2v) is 14.7. The Bertz CT molecular complexity index is 3400. The van der Waals surface area contributed by atoms with Gasteiger partial charge in [0.05, 0.1) is 28.4 Å². The van der Waals surface area contributed by atoms with E-state index in [-0.39, 0.29) is 0 Å². The number of hydrogen-bond donors (Lipinski definition) is 0. The van der Waals surface area contributed by atoms with Gasteiger partial charge in [-0.1, -0.05) is 60.7 Å². The highest BCUT2D eigenvalue weighted by Crippen LogP contribution is 2.55. The lowest BCUT2D eigenvalue weighted by molar-refractivity contribution is 0.477. The minimum atomic E-state index is 0.455. The van der Waals surface area contributed by atoms with Gasteiger partial charge in [-0.15, -0.1) is 0 Å². The first-order valence-electron chi connectivity index (χ1n) is 19.5. The number of ether oxygens (including phenoxy) is 2. The molecular formula is C50H28N6O4. The fraction of sp³-hybridized carbons (Fsp3) is 0. The fourth-order valence-corrected chi connectivity index (χ4v) is 8.58. The number of anilines is 6. The molecule has 2 aliphatic rings. The van der Waals surface area contributed by atoms with Crippen molar-refractivity contribution in [3.63, 3.8) is 0 Å². The number of benzene rings is 7. The molecule has 11 aromatic rings. The van der Waals surface area contributed by atoms with E-state index in [1.807, 2.05) is 97.1 Å². The predicted octanol–water partition coefficient (Wildman–Crippen LogP) is 13.6. The summed E-state index contributed by atoms with van der Waals surface area (Å²) in [6, 6.07) is 52.9. The molecule has 4 aromatic heterocycles. The second-order valence-electron chi connectivity index (χ2n) is 14.7. The number of pyridine rings is 2. The zero-order valence-electron chi connectivity index (χ0n) is 31.5. The van der Waals surface area contributed by atoms with Crippen LogP contribution in [-0.4, -0.2) is 19.9 Å². The van der Waals surface area contributed by atoms with Crippen LogP contribution >= 0.6 is 0 Å². The first-order valence-corrected chi connectivity index (χ1v) is 19.5. The maximum atomic E-state index is 6.51. The van der Waals surface area contributed by atoms with Crippen molar-refractivity contribution in [3.05, 3.63) is 170 Å². The van der Waals surface area contributed by atoms with Crippen LogP contribution in [0.15, 0.2) is 179 Å². The van der Waals surface area contributed by atoms with E-state index in [2.05, 4.69) is 80.4 Å². The molecule has 0 bridgehead atoms. The standard InChI is InChI=1S/C50H28N6O4/c1-5-15-41-36(11-1)55(37-12-2-6-16-42(37)57-41)30-27-34-31(35(28-30)50-54-48-46(60-50)20-10-24-52-48)21-22-32-33(34)25-29(49-53-47-45(59-49)19-9-23-51-47)26-40(32)56-38-13-3-7-17-43(38)58-44-18-8-4-14-39(44)56/h1-28H. The van der Waals surface area contributed by atoms with Crippen LogP contribution in [0, 0.1) is 0 Å². The third kappa shape index (κ3) is 4.88. The quantitative estimate of drug-likeness (QED) is 0.160. The molecule has 6 heterocycles. The molecule has 13 rings (SSSR count). The predicted molar refractivity (Wildman–Crippen MR) is 233 cm³/mol. The Labute approximate surface area is 341 Å². The van der Waals surface area contributed by atoms with E-state index in [1.54, 1.807) is 12.4 Å². The van der Waals surface area contributed by atoms with Crippen LogP contribution in [0.2, 0.25) is 0 Å². The highest BCUT2D eigenvalue weighted by Gasteiger charge is 2.30. The summed E-state index contributed by atoms with van der Waals surface area (Å²) in [6.07, 6.45) is 3.45. The van der Waals surface area contributed by atoms with Crippen molar-refractivity contribution in [1.82, 2.24) is 19.9 Å². The molecule has 0 fully saturated rings. The smallest absolute Gasteiger partial charge is 0.229 e. The van der Waals surface area contributed by atoms with Gasteiger partial charge < -0.3 is 28.1 Å². The highest BCUT2D eigenvalue weighted by atomic mass is 16.5. The van der Waals surface area contributed by atoms with Gasteiger partial charge in [0.2, 0.25) is 11.8 Å². The molecule has 0 aliphatic carbocycles. The van der Waals surface area contributed by atoms with Gasteiger partial charge in [-0.05, 0) is 113 Å². The fourth-order valence-electron chi connectivity index (χ4n) is 8.58. The maximum absolute atomic E-state index is 6.51. The van der Waals surface area contributed by atoms with Crippen molar-refractivity contribution < 1.29 is 18.3 Å². The van der Waals surface area contributed by atoms with Crippen LogP contribution in [0.1, 0.15) is 0 Å². The molecule has 0 spiro atoms. The molecule has 7 aromatic carbocycles. The lowest BCUT2D eigenvalue weighted by Crippen LogP contribution is -2.16. The van der Waals surface area contributed by atoms with Crippen molar-refractivity contribution in [2.45, 2.75) is 0 Å². The Balaban J connectivity index is 1.16. The van der Waals surface area contributed by atoms with E-state index in [0.29, 0.717) is 34.2 Å². The average molecular weight is 777 g/mol. The summed E-state index contributed by atoms with van der Waals surface area (Å²) in [4.78, 5) is 23.4. The van der Waals surface area contributed by atoms with Crippen molar-refractivity contribution in [2.75, 3.05) is 9.80 Å². The number of rotatable bonds is 4. The summed E-state index contributed by atoms with van der Waals surface area (Å²) >= 11 is 0. The van der Waals surface area contributed by atoms with Gasteiger partial charge in [-0.25, -0.2) is 9.97 Å². The second kappa shape index (κ2) is 12.5. The van der Waals surface area contributed by atoms with Crippen molar-refractivity contribution in [2.24, 2.45) is 0 Å². The van der Waals surface area contributed by atoms with E-state index in [1.165, 1.54) is 0 Å². The van der Waals surface area contributed by atoms with Crippen LogP contribution < -0.4 is 19.3 Å². The first-order chi connectivity index (χ1) is 29.7. The van der Waals surface area contributed by atoms with Gasteiger partial charge in [0, 0.05) is 34.6 Å². The van der Waals surface area contributed by atoms with Gasteiger partial charge in [-0.2, -0.15) is 9.97 Å². The van der Waals surface area contributed by atoms with E-state index < -0.39 is 0 Å². The minimum Gasteiger partial charge on any atom is -0.453 e. The third-order valence-corrected chi connectivity index (χ3v) is 11.2. The first kappa shape index (κ1) is 32.6. The molecule has 0 saturated heterocycles. The van der Waals surface area contributed by atoms with Crippen LogP contribution in [-0.2, 0) is 0 Å². The number of fused-ring (bicyclic) bond motifs is 9. The van der Waals surface area contributed by atoms with Gasteiger partial charge in [0.25, 0.3) is 0 Å². The lowest BCUT2D eigenvalue weighted by atomic mass is 9.93. The van der Waals surface area contributed by atoms with Crippen molar-refractivity contribution >= 4 is 78.1 Å². The summed E-state index contributed by atoms with van der Waals surface area (Å²) in [6.45, 7) is 0. The molecule has 2 aliphatic heterocycles. The molecule has 10 heteroatoms. The summed E-state index contributed by atoms with van der Waals surface area (Å²) < 4.78 is 25.9. The Kier molecular flexibility index (Phi) is 6.78. The van der Waals surface area contributed by atoms with Crippen molar-refractivity contribution in [3.8, 4) is 45.9 Å². The van der Waals surface area contributed by atoms with Crippen LogP contribution in [0.4, 0.5) is 34.1 Å². The van der Waals surface area contributed by atoms with E-state index in [9.17, 15) is 0 Å². The SMILES string of the molecule is c1ccc2c(c1)Oc1ccccc1N2c1cc(-c2nc3ncccc3o2)c2ccc3c(N4c5ccccc5Oc5ccccc54)cc(-c4nc5ncccc5o4)cc3c2c1. The molecular weight excluding hydrogens is 749 g/mol. The monoisotopic (exact) mass is 776 g/mol. The van der Waals surface area contributed by atoms with Gasteiger partial charge in [0.1, 0.15) is 0 Å². The molecule has 60 heavy (non-hydrogen) atoms. The Morgan fingerprint density at radius 3 is 1.47 bits per heavy atom. The van der Waals surface area contributed by atoms with E-state index in [4.69, 9.17) is 28.3 Å². The maximum Gasteiger partial charge on any atom is 0.229 e. The number of hydrogen-bond acceptors (Lipinski definition) is 10. The Hall–Kier alpha value is -8.50. The molecule has 0 atom stereocenters. The molecule has 282 valence electrons. The summed E-state index contributed by atoms with van der Waals surface area (Å²) in [5.74, 6) is 3.92. The molecule has 0 amide bonds. The molecule has 0 radical (unpaired) electrons. The van der Waals surface area contributed by atoms with Crippen LogP contribution in [0.25, 0.3) is 66.9 Å². The number of oxazole rings is 2. The summed E-state index contributed by atoms with van der Waals surface area (Å²) in [5.41, 5.74) is 9.31. The summed E-state index contributed by atoms with van der Waals surface area (Å²) in [7, 11) is 0. The highest BCUT2D eigenvalue weighted by molar-refractivity contribution is 6.18. The normalized spacial score (nSPS) is 12.9. The summed E-state index contributed by atoms with van der Waals surface area (Å²) in [5, 5.41) is 3.86. The minimum absolute atomic E-state index is 0.455. The van der Waals surface area contributed by atoms with E-state index >= 15 is 0 Å². The number of para-hydroxylation sites is 8. The Morgan fingerprint density at radius 1 is 0.383 bits per heavy atom. The average Bonchev–Trinajstić information content (AvgIpc) is 3.94. The third-order valence-electron chi connectivity index (χ3n) is 11.2. The van der Waals surface area contributed by atoms with Gasteiger partial charge in [0.15, 0.2) is 45.5 Å². The largest absolute Gasteiger partial charge is 0.453 e. The van der Waals surface area contributed by atoms with Gasteiger partial charge >= 0.3 is 0 Å². The Morgan fingerprint density at radius 2 is 0.883 bits per heavy atom. The number of nitrogens with zero attached hydrogens (tertiary/aromatic N) is 6. The van der Waals surface area contributed by atoms with Crippen LogP contribution in [0.3, 0.4) is 0 Å². The lowest BCUT2D eigenvalue weighted by Gasteiger charge is -2.34. The van der Waals surface area contributed by atoms with Crippen molar-refractivity contribution in [1.29, 1.82) is 0 Å². The molecule has 0 unspecified atom stereocenters. The zero-order valence-corrected chi connectivity index (χ0v) is 31.5. The zero-order chi connectivity index (χ0) is 39.3.